The number of rotatable bonds is 14. The van der Waals surface area contributed by atoms with Crippen LogP contribution in [-0.4, -0.2) is 52.2 Å². The third-order valence-corrected chi connectivity index (χ3v) is 10.8. The summed E-state index contributed by atoms with van der Waals surface area (Å²) in [6, 6.07) is 62.9. The monoisotopic (exact) mass is 794 g/mol. The first-order chi connectivity index (χ1) is 29.3. The third-order valence-electron chi connectivity index (χ3n) is 10.8. The van der Waals surface area contributed by atoms with Crippen LogP contribution < -0.4 is 18.9 Å². The molecule has 8 aromatic carbocycles. The SMILES string of the molecule is COc1ccc(COc2c(C(c3ccccc3)N(C)C)ccc3ccccc23)cc1.COc1ccc(COc2ccc3ccccc3c2C(c2ccccc2)N(C)C)cc1. The van der Waals surface area contributed by atoms with Gasteiger partial charge in [-0.3, -0.25) is 9.80 Å². The second kappa shape index (κ2) is 19.9. The van der Waals surface area contributed by atoms with Crippen molar-refractivity contribution in [1.29, 1.82) is 0 Å². The number of methoxy groups -OCH3 is 2. The number of fused-ring (bicyclic) bond motifs is 2. The average Bonchev–Trinajstić information content (AvgIpc) is 3.29. The molecule has 0 saturated heterocycles. The smallest absolute Gasteiger partial charge is 0.132 e. The fourth-order valence-corrected chi connectivity index (χ4v) is 7.83. The highest BCUT2D eigenvalue weighted by Crippen LogP contribution is 2.41. The van der Waals surface area contributed by atoms with E-state index in [2.05, 4.69) is 171 Å². The molecule has 8 aromatic rings. The fraction of sp³-hybridized carbons (Fsp3) is 0.185. The van der Waals surface area contributed by atoms with Gasteiger partial charge in [0, 0.05) is 16.5 Å². The first-order valence-electron chi connectivity index (χ1n) is 20.3. The van der Waals surface area contributed by atoms with E-state index in [0.717, 1.165) is 39.5 Å². The average molecular weight is 795 g/mol. The van der Waals surface area contributed by atoms with Crippen molar-refractivity contribution >= 4 is 21.5 Å². The summed E-state index contributed by atoms with van der Waals surface area (Å²) in [6.07, 6.45) is 0. The molecule has 0 heterocycles. The lowest BCUT2D eigenvalue weighted by Gasteiger charge is -2.28. The topological polar surface area (TPSA) is 43.4 Å². The van der Waals surface area contributed by atoms with Gasteiger partial charge in [-0.15, -0.1) is 0 Å². The summed E-state index contributed by atoms with van der Waals surface area (Å²) in [4.78, 5) is 4.48. The van der Waals surface area contributed by atoms with Gasteiger partial charge in [0.05, 0.1) is 26.3 Å². The number of benzene rings is 8. The van der Waals surface area contributed by atoms with Crippen molar-refractivity contribution in [3.63, 3.8) is 0 Å². The van der Waals surface area contributed by atoms with E-state index in [-0.39, 0.29) is 12.1 Å². The highest BCUT2D eigenvalue weighted by Gasteiger charge is 2.24. The van der Waals surface area contributed by atoms with Crippen LogP contribution in [0, 0.1) is 0 Å². The van der Waals surface area contributed by atoms with Crippen molar-refractivity contribution in [2.24, 2.45) is 0 Å². The van der Waals surface area contributed by atoms with E-state index in [1.54, 1.807) is 14.2 Å². The molecule has 0 aliphatic rings. The molecule has 0 aliphatic carbocycles. The molecule has 0 aromatic heterocycles. The Kier molecular flexibility index (Phi) is 13.8. The Morgan fingerprint density at radius 3 is 1.40 bits per heavy atom. The molecule has 2 unspecified atom stereocenters. The Morgan fingerprint density at radius 2 is 0.867 bits per heavy atom. The molecule has 304 valence electrons. The van der Waals surface area contributed by atoms with Crippen molar-refractivity contribution in [3.05, 3.63) is 215 Å². The normalized spacial score (nSPS) is 12.1. The molecule has 0 amide bonds. The van der Waals surface area contributed by atoms with E-state index in [0.29, 0.717) is 13.2 Å². The van der Waals surface area contributed by atoms with Crippen LogP contribution in [0.1, 0.15) is 45.5 Å². The molecule has 6 nitrogen and oxygen atoms in total. The van der Waals surface area contributed by atoms with E-state index in [4.69, 9.17) is 18.9 Å². The van der Waals surface area contributed by atoms with Crippen LogP contribution in [0.2, 0.25) is 0 Å². The summed E-state index contributed by atoms with van der Waals surface area (Å²) in [7, 11) is 11.8. The number of hydrogen-bond acceptors (Lipinski definition) is 6. The van der Waals surface area contributed by atoms with Gasteiger partial charge in [0.25, 0.3) is 0 Å². The summed E-state index contributed by atoms with van der Waals surface area (Å²) in [5.74, 6) is 3.54. The molecule has 0 radical (unpaired) electrons. The van der Waals surface area contributed by atoms with Gasteiger partial charge in [0.15, 0.2) is 0 Å². The van der Waals surface area contributed by atoms with Crippen LogP contribution in [-0.2, 0) is 13.2 Å². The van der Waals surface area contributed by atoms with Gasteiger partial charge in [-0.2, -0.15) is 0 Å². The summed E-state index contributed by atoms with van der Waals surface area (Å²) >= 11 is 0. The van der Waals surface area contributed by atoms with Crippen molar-refractivity contribution in [2.45, 2.75) is 25.3 Å². The summed E-state index contributed by atoms with van der Waals surface area (Å²) in [6.45, 7) is 1.00. The van der Waals surface area contributed by atoms with Crippen molar-refractivity contribution < 1.29 is 18.9 Å². The van der Waals surface area contributed by atoms with Crippen molar-refractivity contribution in [1.82, 2.24) is 9.80 Å². The Hall–Kier alpha value is -6.60. The van der Waals surface area contributed by atoms with Crippen LogP contribution >= 0.6 is 0 Å². The van der Waals surface area contributed by atoms with E-state index in [1.165, 1.54) is 38.4 Å². The van der Waals surface area contributed by atoms with Crippen LogP contribution in [0.4, 0.5) is 0 Å². The lowest BCUT2D eigenvalue weighted by atomic mass is 9.92. The maximum Gasteiger partial charge on any atom is 0.132 e. The number of hydrogen-bond donors (Lipinski definition) is 0. The molecular weight excluding hydrogens is 741 g/mol. The molecule has 0 fully saturated rings. The van der Waals surface area contributed by atoms with E-state index in [9.17, 15) is 0 Å². The standard InChI is InChI=1S/2C27H27NO2/c1-28(2)27(22-10-5-4-6-11-22)26-24-12-8-7-9-21(24)15-18-25(26)30-19-20-13-16-23(29-3)17-14-20;1-28(2)26(22-10-5-4-6-11-22)25-18-15-21-9-7-8-12-24(21)27(25)30-19-20-13-16-23(29-3)17-14-20/h4-18,27H,19H2,1-3H3;4-18,26H,19H2,1-3H3. The Labute approximate surface area is 355 Å². The Bertz CT molecular complexity index is 2570. The molecule has 0 spiro atoms. The second-order valence-electron chi connectivity index (χ2n) is 15.2. The minimum absolute atomic E-state index is 0.0863. The molecular formula is C54H54N2O4. The number of ether oxygens (including phenoxy) is 4. The quantitative estimate of drug-likeness (QED) is 0.109. The van der Waals surface area contributed by atoms with Gasteiger partial charge in [-0.25, -0.2) is 0 Å². The summed E-state index contributed by atoms with van der Waals surface area (Å²) in [5.41, 5.74) is 7.06. The molecule has 6 heteroatoms. The van der Waals surface area contributed by atoms with Gasteiger partial charge < -0.3 is 18.9 Å². The highest BCUT2D eigenvalue weighted by atomic mass is 16.5. The van der Waals surface area contributed by atoms with Gasteiger partial charge in [0.1, 0.15) is 36.2 Å². The fourth-order valence-electron chi connectivity index (χ4n) is 7.83. The van der Waals surface area contributed by atoms with Crippen molar-refractivity contribution in [3.8, 4) is 23.0 Å². The molecule has 8 rings (SSSR count). The first-order valence-corrected chi connectivity index (χ1v) is 20.3. The highest BCUT2D eigenvalue weighted by molar-refractivity contribution is 5.90. The maximum absolute atomic E-state index is 6.50. The predicted octanol–water partition coefficient (Wildman–Crippen LogP) is 12.2. The maximum atomic E-state index is 6.50. The second-order valence-corrected chi connectivity index (χ2v) is 15.2. The Morgan fingerprint density at radius 1 is 0.417 bits per heavy atom. The van der Waals surface area contributed by atoms with Gasteiger partial charge in [0.2, 0.25) is 0 Å². The van der Waals surface area contributed by atoms with Crippen LogP contribution in [0.15, 0.2) is 182 Å². The zero-order valence-corrected chi connectivity index (χ0v) is 35.4. The molecule has 60 heavy (non-hydrogen) atoms. The van der Waals surface area contributed by atoms with E-state index in [1.807, 2.05) is 48.5 Å². The lowest BCUT2D eigenvalue weighted by molar-refractivity contribution is 0.286. The van der Waals surface area contributed by atoms with Gasteiger partial charge in [-0.1, -0.05) is 152 Å². The Balaban J connectivity index is 0.000000181. The zero-order chi connectivity index (χ0) is 41.8. The number of nitrogens with zero attached hydrogens (tertiary/aromatic N) is 2. The van der Waals surface area contributed by atoms with E-state index >= 15 is 0 Å². The third kappa shape index (κ3) is 9.80. The van der Waals surface area contributed by atoms with Crippen LogP contribution in [0.5, 0.6) is 23.0 Å². The van der Waals surface area contributed by atoms with Crippen LogP contribution in [0.3, 0.4) is 0 Å². The predicted molar refractivity (Wildman–Crippen MR) is 246 cm³/mol. The molecule has 0 bridgehead atoms. The van der Waals surface area contributed by atoms with E-state index < -0.39 is 0 Å². The van der Waals surface area contributed by atoms with Gasteiger partial charge in [-0.05, 0) is 96.9 Å². The summed E-state index contributed by atoms with van der Waals surface area (Å²) < 4.78 is 23.4. The summed E-state index contributed by atoms with van der Waals surface area (Å²) in [5, 5.41) is 4.74. The molecule has 0 saturated carbocycles. The molecule has 2 atom stereocenters. The van der Waals surface area contributed by atoms with Gasteiger partial charge >= 0.3 is 0 Å². The molecule has 0 N–H and O–H groups in total. The van der Waals surface area contributed by atoms with Crippen LogP contribution in [0.25, 0.3) is 21.5 Å². The lowest BCUT2D eigenvalue weighted by Crippen LogP contribution is -2.22. The molecule has 0 aliphatic heterocycles. The largest absolute Gasteiger partial charge is 0.497 e. The zero-order valence-electron chi connectivity index (χ0n) is 35.4. The minimum atomic E-state index is 0.0863. The minimum Gasteiger partial charge on any atom is -0.497 e. The first kappa shape index (κ1) is 41.6. The van der Waals surface area contributed by atoms with Crippen molar-refractivity contribution in [2.75, 3.05) is 42.4 Å².